The van der Waals surface area contributed by atoms with Gasteiger partial charge in [0, 0.05) is 11.3 Å². The minimum Gasteiger partial charge on any atom is -0.497 e. The van der Waals surface area contributed by atoms with Gasteiger partial charge in [-0.15, -0.1) is 0 Å². The Kier molecular flexibility index (Phi) is 7.00. The van der Waals surface area contributed by atoms with Crippen LogP contribution in [0.1, 0.15) is 24.2 Å². The number of ether oxygens (including phenoxy) is 2. The van der Waals surface area contributed by atoms with Gasteiger partial charge in [-0.25, -0.2) is 8.42 Å². The van der Waals surface area contributed by atoms with Crippen molar-refractivity contribution < 1.29 is 27.5 Å². The van der Waals surface area contributed by atoms with Gasteiger partial charge in [-0.3, -0.25) is 14.3 Å². The fourth-order valence-electron chi connectivity index (χ4n) is 2.24. The summed E-state index contributed by atoms with van der Waals surface area (Å²) in [6.07, 6.45) is -0.290. The topological polar surface area (TPSA) is 111 Å². The van der Waals surface area contributed by atoms with Gasteiger partial charge < -0.3 is 14.8 Å². The van der Waals surface area contributed by atoms with Crippen molar-refractivity contribution in [1.82, 2.24) is 5.32 Å². The van der Waals surface area contributed by atoms with E-state index in [2.05, 4.69) is 10.0 Å². The minimum atomic E-state index is -3.90. The van der Waals surface area contributed by atoms with Gasteiger partial charge in [0.25, 0.3) is 15.9 Å². The molecule has 150 valence electrons. The van der Waals surface area contributed by atoms with Crippen molar-refractivity contribution in [1.29, 1.82) is 0 Å². The number of nitrogens with one attached hydrogen (secondary N) is 2. The van der Waals surface area contributed by atoms with Gasteiger partial charge in [0.15, 0.2) is 0 Å². The fourth-order valence-corrected chi connectivity index (χ4v) is 3.34. The number of anilines is 1. The second kappa shape index (κ2) is 9.23. The molecule has 2 N–H and O–H groups in total. The third-order valence-corrected chi connectivity index (χ3v) is 4.89. The van der Waals surface area contributed by atoms with Gasteiger partial charge in [-0.05, 0) is 56.3 Å². The van der Waals surface area contributed by atoms with Crippen LogP contribution in [0.4, 0.5) is 5.69 Å². The van der Waals surface area contributed by atoms with Crippen LogP contribution in [0.2, 0.25) is 0 Å². The molecule has 0 atom stereocenters. The molecular weight excluding hydrogens is 384 g/mol. The third kappa shape index (κ3) is 5.98. The monoisotopic (exact) mass is 406 g/mol. The molecule has 2 aromatic carbocycles. The molecule has 0 saturated carbocycles. The van der Waals surface area contributed by atoms with Gasteiger partial charge in [0.1, 0.15) is 12.3 Å². The lowest BCUT2D eigenvalue weighted by atomic mass is 10.2. The zero-order valence-corrected chi connectivity index (χ0v) is 16.6. The first-order chi connectivity index (χ1) is 13.2. The Balaban J connectivity index is 2.09. The maximum Gasteiger partial charge on any atom is 0.325 e. The molecule has 0 heterocycles. The minimum absolute atomic E-state index is 0.0827. The van der Waals surface area contributed by atoms with Crippen LogP contribution in [0, 0.1) is 0 Å². The highest BCUT2D eigenvalue weighted by atomic mass is 32.2. The van der Waals surface area contributed by atoms with Crippen molar-refractivity contribution in [3.8, 4) is 5.75 Å². The van der Waals surface area contributed by atoms with E-state index >= 15 is 0 Å². The molecule has 0 aliphatic heterocycles. The number of rotatable bonds is 8. The summed E-state index contributed by atoms with van der Waals surface area (Å²) in [4.78, 5) is 23.6. The SMILES string of the molecule is COc1ccc(NS(=O)(=O)c2cccc(C(=O)NCC(=O)OC(C)C)c2)cc1. The number of esters is 1. The van der Waals surface area contributed by atoms with Gasteiger partial charge in [-0.1, -0.05) is 6.07 Å². The molecule has 0 bridgehead atoms. The molecule has 0 aliphatic carbocycles. The van der Waals surface area contributed by atoms with Crippen molar-refractivity contribution >= 4 is 27.6 Å². The van der Waals surface area contributed by atoms with Gasteiger partial charge in [-0.2, -0.15) is 0 Å². The molecule has 0 fully saturated rings. The van der Waals surface area contributed by atoms with E-state index in [1.54, 1.807) is 38.1 Å². The molecule has 0 aromatic heterocycles. The largest absolute Gasteiger partial charge is 0.497 e. The summed E-state index contributed by atoms with van der Waals surface area (Å²) in [6.45, 7) is 3.09. The Bertz CT molecular complexity index is 939. The van der Waals surface area contributed by atoms with Crippen molar-refractivity contribution in [3.05, 3.63) is 54.1 Å². The second-order valence-corrected chi connectivity index (χ2v) is 7.77. The van der Waals surface area contributed by atoms with E-state index in [4.69, 9.17) is 9.47 Å². The zero-order valence-electron chi connectivity index (χ0n) is 15.8. The number of hydrogen-bond donors (Lipinski definition) is 2. The Morgan fingerprint density at radius 2 is 1.75 bits per heavy atom. The van der Waals surface area contributed by atoms with Crippen LogP contribution in [0.15, 0.2) is 53.4 Å². The van der Waals surface area contributed by atoms with Crippen LogP contribution in [0.3, 0.4) is 0 Å². The van der Waals surface area contributed by atoms with E-state index in [0.717, 1.165) is 0 Å². The molecule has 9 heteroatoms. The average molecular weight is 406 g/mol. The van der Waals surface area contributed by atoms with Crippen molar-refractivity contribution in [2.24, 2.45) is 0 Å². The lowest BCUT2D eigenvalue weighted by molar-refractivity contribution is -0.146. The molecular formula is C19H22N2O6S. The molecule has 0 aliphatic rings. The summed E-state index contributed by atoms with van der Waals surface area (Å²) in [5.41, 5.74) is 0.460. The highest BCUT2D eigenvalue weighted by Crippen LogP contribution is 2.20. The van der Waals surface area contributed by atoms with E-state index in [0.29, 0.717) is 11.4 Å². The lowest BCUT2D eigenvalue weighted by Gasteiger charge is -2.11. The zero-order chi connectivity index (χ0) is 20.7. The Morgan fingerprint density at radius 3 is 2.36 bits per heavy atom. The van der Waals surface area contributed by atoms with Gasteiger partial charge in [0.2, 0.25) is 0 Å². The number of hydrogen-bond acceptors (Lipinski definition) is 6. The van der Waals surface area contributed by atoms with E-state index in [1.807, 2.05) is 0 Å². The van der Waals surface area contributed by atoms with Crippen LogP contribution in [0.5, 0.6) is 5.75 Å². The number of benzene rings is 2. The lowest BCUT2D eigenvalue weighted by Crippen LogP contribution is -2.31. The fraction of sp³-hybridized carbons (Fsp3) is 0.263. The van der Waals surface area contributed by atoms with Crippen molar-refractivity contribution in [2.45, 2.75) is 24.8 Å². The van der Waals surface area contributed by atoms with Crippen LogP contribution in [-0.4, -0.2) is 40.1 Å². The molecule has 0 saturated heterocycles. The number of carbonyl (C=O) groups is 2. The standard InChI is InChI=1S/C19H22N2O6S/c1-13(2)27-18(22)12-20-19(23)14-5-4-6-17(11-14)28(24,25)21-15-7-9-16(26-3)10-8-15/h4-11,13,21H,12H2,1-3H3,(H,20,23). The van der Waals surface area contributed by atoms with Crippen molar-refractivity contribution in [3.63, 3.8) is 0 Å². The first kappa shape index (κ1) is 21.2. The van der Waals surface area contributed by atoms with Crippen molar-refractivity contribution in [2.75, 3.05) is 18.4 Å². The van der Waals surface area contributed by atoms with E-state index < -0.39 is 21.9 Å². The van der Waals surface area contributed by atoms with Crippen LogP contribution < -0.4 is 14.8 Å². The maximum absolute atomic E-state index is 12.6. The quantitative estimate of drug-likeness (QED) is 0.650. The highest BCUT2D eigenvalue weighted by molar-refractivity contribution is 7.92. The van der Waals surface area contributed by atoms with E-state index in [9.17, 15) is 18.0 Å². The van der Waals surface area contributed by atoms with Gasteiger partial charge in [0.05, 0.1) is 18.1 Å². The summed E-state index contributed by atoms with van der Waals surface area (Å²) >= 11 is 0. The smallest absolute Gasteiger partial charge is 0.325 e. The Labute approximate surface area is 163 Å². The molecule has 0 radical (unpaired) electrons. The molecule has 28 heavy (non-hydrogen) atoms. The van der Waals surface area contributed by atoms with Gasteiger partial charge >= 0.3 is 5.97 Å². The van der Waals surface area contributed by atoms with Crippen LogP contribution in [0.25, 0.3) is 0 Å². The summed E-state index contributed by atoms with van der Waals surface area (Å²) in [7, 11) is -2.39. The molecule has 0 unspecified atom stereocenters. The van der Waals surface area contributed by atoms with E-state index in [-0.39, 0.29) is 23.1 Å². The Hall–Kier alpha value is -3.07. The predicted octanol–water partition coefficient (Wildman–Crippen LogP) is 2.18. The normalized spacial score (nSPS) is 11.0. The number of carbonyl (C=O) groups excluding carboxylic acids is 2. The first-order valence-corrected chi connectivity index (χ1v) is 9.94. The maximum atomic E-state index is 12.6. The molecule has 0 spiro atoms. The summed E-state index contributed by atoms with van der Waals surface area (Å²) in [5, 5.41) is 2.40. The predicted molar refractivity (Wildman–Crippen MR) is 104 cm³/mol. The summed E-state index contributed by atoms with van der Waals surface area (Å²) < 4.78 is 37.5. The summed E-state index contributed by atoms with van der Waals surface area (Å²) in [5.74, 6) is -0.562. The van der Waals surface area contributed by atoms with Crippen LogP contribution >= 0.6 is 0 Å². The molecule has 2 aromatic rings. The molecule has 2 rings (SSSR count). The first-order valence-electron chi connectivity index (χ1n) is 8.46. The number of sulfonamides is 1. The second-order valence-electron chi connectivity index (χ2n) is 6.08. The van der Waals surface area contributed by atoms with Crippen LogP contribution in [-0.2, 0) is 19.6 Å². The number of amides is 1. The average Bonchev–Trinajstić information content (AvgIpc) is 2.66. The third-order valence-electron chi connectivity index (χ3n) is 3.51. The molecule has 1 amide bonds. The van der Waals surface area contributed by atoms with E-state index in [1.165, 1.54) is 31.4 Å². The summed E-state index contributed by atoms with van der Waals surface area (Å²) in [6, 6.07) is 11.9. The molecule has 8 nitrogen and oxygen atoms in total. The number of methoxy groups -OCH3 is 1. The Morgan fingerprint density at radius 1 is 1.07 bits per heavy atom. The highest BCUT2D eigenvalue weighted by Gasteiger charge is 2.17.